The molecular weight excluding hydrogens is 361 g/mol. The second kappa shape index (κ2) is 6.85. The van der Waals surface area contributed by atoms with Gasteiger partial charge in [0.2, 0.25) is 0 Å². The summed E-state index contributed by atoms with van der Waals surface area (Å²) in [6.07, 6.45) is -2.75. The molecule has 0 radical (unpaired) electrons. The Bertz CT molecular complexity index is 901. The maximum atomic E-state index is 13.2. The van der Waals surface area contributed by atoms with Gasteiger partial charge in [-0.05, 0) is 23.1 Å². The molecule has 0 amide bonds. The van der Waals surface area contributed by atoms with Gasteiger partial charge in [0.25, 0.3) is 0 Å². The molecule has 0 unspecified atom stereocenters. The smallest absolute Gasteiger partial charge is 0.353 e. The number of benzene rings is 1. The first-order chi connectivity index (χ1) is 12.5. The van der Waals surface area contributed by atoms with Gasteiger partial charge in [0.05, 0.1) is 10.9 Å². The van der Waals surface area contributed by atoms with Crippen molar-refractivity contribution in [3.8, 4) is 0 Å². The van der Waals surface area contributed by atoms with Crippen LogP contribution in [0.4, 0.5) is 19.0 Å². The van der Waals surface area contributed by atoms with Crippen molar-refractivity contribution in [3.05, 3.63) is 53.2 Å². The van der Waals surface area contributed by atoms with E-state index in [9.17, 15) is 13.2 Å². The standard InChI is InChI=1S/C18H17F3N4S/c19-18(20,21)15-4-2-1-3-13(15)11-24-6-8-25(9-7-24)16-14-5-10-26-17(14)23-12-22-16/h1-5,10,12H,6-9,11H2. The van der Waals surface area contributed by atoms with Crippen LogP contribution in [0.1, 0.15) is 11.1 Å². The summed E-state index contributed by atoms with van der Waals surface area (Å²) in [4.78, 5) is 13.9. The second-order valence-electron chi connectivity index (χ2n) is 6.25. The van der Waals surface area contributed by atoms with E-state index in [4.69, 9.17) is 0 Å². The number of hydrogen-bond donors (Lipinski definition) is 0. The molecule has 1 aliphatic heterocycles. The van der Waals surface area contributed by atoms with Crippen molar-refractivity contribution < 1.29 is 13.2 Å². The third kappa shape index (κ3) is 3.39. The molecular formula is C18H17F3N4S. The molecule has 4 nitrogen and oxygen atoms in total. The number of alkyl halides is 3. The molecule has 1 fully saturated rings. The van der Waals surface area contributed by atoms with E-state index in [1.807, 2.05) is 11.4 Å². The average Bonchev–Trinajstić information content (AvgIpc) is 3.11. The van der Waals surface area contributed by atoms with E-state index >= 15 is 0 Å². The van der Waals surface area contributed by atoms with Crippen LogP contribution in [0.5, 0.6) is 0 Å². The minimum atomic E-state index is -4.32. The SMILES string of the molecule is FC(F)(F)c1ccccc1CN1CCN(c2ncnc3sccc23)CC1. The minimum absolute atomic E-state index is 0.307. The van der Waals surface area contributed by atoms with Gasteiger partial charge in [-0.15, -0.1) is 11.3 Å². The summed E-state index contributed by atoms with van der Waals surface area (Å²) >= 11 is 1.58. The zero-order chi connectivity index (χ0) is 18.1. The zero-order valence-corrected chi connectivity index (χ0v) is 14.7. The molecule has 0 N–H and O–H groups in total. The van der Waals surface area contributed by atoms with Crippen LogP contribution in [0.15, 0.2) is 42.0 Å². The summed E-state index contributed by atoms with van der Waals surface area (Å²) in [5.41, 5.74) is -0.214. The van der Waals surface area contributed by atoms with Crippen LogP contribution in [0.2, 0.25) is 0 Å². The van der Waals surface area contributed by atoms with Crippen LogP contribution in [0.25, 0.3) is 10.2 Å². The normalized spacial score (nSPS) is 16.3. The summed E-state index contributed by atoms with van der Waals surface area (Å²) in [6.45, 7) is 3.16. The van der Waals surface area contributed by atoms with Crippen molar-refractivity contribution in [1.82, 2.24) is 14.9 Å². The van der Waals surface area contributed by atoms with Gasteiger partial charge in [-0.25, -0.2) is 9.97 Å². The van der Waals surface area contributed by atoms with Gasteiger partial charge < -0.3 is 4.90 Å². The quantitative estimate of drug-likeness (QED) is 0.689. The first-order valence-corrected chi connectivity index (χ1v) is 9.21. The summed E-state index contributed by atoms with van der Waals surface area (Å²) < 4.78 is 39.5. The minimum Gasteiger partial charge on any atom is -0.353 e. The van der Waals surface area contributed by atoms with Crippen molar-refractivity contribution in [2.24, 2.45) is 0 Å². The predicted molar refractivity (Wildman–Crippen MR) is 96.3 cm³/mol. The number of thiophene rings is 1. The first kappa shape index (κ1) is 17.2. The van der Waals surface area contributed by atoms with Crippen molar-refractivity contribution in [3.63, 3.8) is 0 Å². The molecule has 1 aliphatic rings. The lowest BCUT2D eigenvalue weighted by Gasteiger charge is -2.36. The highest BCUT2D eigenvalue weighted by atomic mass is 32.1. The van der Waals surface area contributed by atoms with E-state index in [0.717, 1.165) is 35.2 Å². The van der Waals surface area contributed by atoms with E-state index < -0.39 is 11.7 Å². The van der Waals surface area contributed by atoms with Gasteiger partial charge in [0.15, 0.2) is 0 Å². The predicted octanol–water partition coefficient (Wildman–Crippen LogP) is 4.03. The van der Waals surface area contributed by atoms with E-state index in [0.29, 0.717) is 25.2 Å². The van der Waals surface area contributed by atoms with Crippen LogP contribution >= 0.6 is 11.3 Å². The maximum absolute atomic E-state index is 13.2. The number of anilines is 1. The lowest BCUT2D eigenvalue weighted by atomic mass is 10.1. The summed E-state index contributed by atoms with van der Waals surface area (Å²) in [7, 11) is 0. The Balaban J connectivity index is 1.46. The molecule has 2 aromatic heterocycles. The topological polar surface area (TPSA) is 32.3 Å². The van der Waals surface area contributed by atoms with Crippen molar-refractivity contribution in [2.75, 3.05) is 31.1 Å². The van der Waals surface area contributed by atoms with Crippen LogP contribution in [-0.2, 0) is 12.7 Å². The highest BCUT2D eigenvalue weighted by molar-refractivity contribution is 7.16. The van der Waals surface area contributed by atoms with Crippen LogP contribution in [0, 0.1) is 0 Å². The van der Waals surface area contributed by atoms with Gasteiger partial charge >= 0.3 is 6.18 Å². The Hall–Kier alpha value is -2.19. The average molecular weight is 378 g/mol. The third-order valence-corrected chi connectivity index (χ3v) is 5.45. The number of hydrogen-bond acceptors (Lipinski definition) is 5. The fourth-order valence-electron chi connectivity index (χ4n) is 3.32. The summed E-state index contributed by atoms with van der Waals surface area (Å²) in [5, 5.41) is 3.03. The Kier molecular flexibility index (Phi) is 4.54. The molecule has 3 heterocycles. The monoisotopic (exact) mass is 378 g/mol. The zero-order valence-electron chi connectivity index (χ0n) is 13.9. The molecule has 1 aromatic carbocycles. The molecule has 136 valence electrons. The number of piperazine rings is 1. The maximum Gasteiger partial charge on any atom is 0.416 e. The van der Waals surface area contributed by atoms with Crippen LogP contribution in [0.3, 0.4) is 0 Å². The highest BCUT2D eigenvalue weighted by Crippen LogP contribution is 2.33. The molecule has 0 aliphatic carbocycles. The van der Waals surface area contributed by atoms with E-state index in [-0.39, 0.29) is 0 Å². The Morgan fingerprint density at radius 2 is 1.77 bits per heavy atom. The molecule has 8 heteroatoms. The first-order valence-electron chi connectivity index (χ1n) is 8.33. The molecule has 0 bridgehead atoms. The van der Waals surface area contributed by atoms with E-state index in [1.54, 1.807) is 29.8 Å². The number of fused-ring (bicyclic) bond motifs is 1. The molecule has 3 aromatic rings. The number of rotatable bonds is 3. The fraction of sp³-hybridized carbons (Fsp3) is 0.333. The van der Waals surface area contributed by atoms with Gasteiger partial charge in [0, 0.05) is 32.7 Å². The van der Waals surface area contributed by atoms with E-state index in [1.165, 1.54) is 6.07 Å². The van der Waals surface area contributed by atoms with Crippen molar-refractivity contribution in [1.29, 1.82) is 0 Å². The Labute approximate surface area is 152 Å². The van der Waals surface area contributed by atoms with Crippen LogP contribution < -0.4 is 4.90 Å². The van der Waals surface area contributed by atoms with Crippen molar-refractivity contribution >= 4 is 27.4 Å². The molecule has 26 heavy (non-hydrogen) atoms. The molecule has 0 atom stereocenters. The van der Waals surface area contributed by atoms with Gasteiger partial charge in [-0.3, -0.25) is 4.90 Å². The summed E-state index contributed by atoms with van der Waals surface area (Å²) in [6, 6.07) is 7.83. The van der Waals surface area contributed by atoms with E-state index in [2.05, 4.69) is 19.8 Å². The molecule has 0 saturated carbocycles. The number of aromatic nitrogens is 2. The molecule has 0 spiro atoms. The molecule has 4 rings (SSSR count). The Morgan fingerprint density at radius 3 is 2.54 bits per heavy atom. The second-order valence-corrected chi connectivity index (χ2v) is 7.15. The largest absolute Gasteiger partial charge is 0.416 e. The third-order valence-electron chi connectivity index (χ3n) is 4.63. The lowest BCUT2D eigenvalue weighted by Crippen LogP contribution is -2.46. The number of nitrogens with zero attached hydrogens (tertiary/aromatic N) is 4. The van der Waals surface area contributed by atoms with Crippen LogP contribution in [-0.4, -0.2) is 41.0 Å². The van der Waals surface area contributed by atoms with Gasteiger partial charge in [-0.1, -0.05) is 18.2 Å². The van der Waals surface area contributed by atoms with Gasteiger partial charge in [0.1, 0.15) is 17.0 Å². The van der Waals surface area contributed by atoms with Gasteiger partial charge in [-0.2, -0.15) is 13.2 Å². The number of halogens is 3. The Morgan fingerprint density at radius 1 is 1.00 bits per heavy atom. The molecule has 1 saturated heterocycles. The lowest BCUT2D eigenvalue weighted by molar-refractivity contribution is -0.138. The summed E-state index contributed by atoms with van der Waals surface area (Å²) in [5.74, 6) is 0.909. The fourth-order valence-corrected chi connectivity index (χ4v) is 4.05. The van der Waals surface area contributed by atoms with Crippen molar-refractivity contribution in [2.45, 2.75) is 12.7 Å². The highest BCUT2D eigenvalue weighted by Gasteiger charge is 2.33.